The predicted octanol–water partition coefficient (Wildman–Crippen LogP) is 2.66. The number of hydrogen-bond acceptors (Lipinski definition) is 8. The smallest absolute Gasteiger partial charge is 0.311 e. The maximum Gasteiger partial charge on any atom is 0.311 e. The lowest BCUT2D eigenvalue weighted by Crippen LogP contribution is -2.22. The van der Waals surface area contributed by atoms with Gasteiger partial charge >= 0.3 is 5.97 Å². The number of aromatic nitrogens is 2. The lowest BCUT2D eigenvalue weighted by atomic mass is 10.3. The molecule has 0 bridgehead atoms. The zero-order valence-corrected chi connectivity index (χ0v) is 14.6. The number of aryl methyl sites for hydroxylation is 1. The second-order valence-corrected chi connectivity index (χ2v) is 7.10. The van der Waals surface area contributed by atoms with E-state index in [1.807, 2.05) is 0 Å². The molecule has 1 amide bonds. The summed E-state index contributed by atoms with van der Waals surface area (Å²) in [4.78, 5) is 27.8. The van der Waals surface area contributed by atoms with Crippen LogP contribution in [0, 0.1) is 6.92 Å². The number of carbonyl (C=O) groups is 2. The van der Waals surface area contributed by atoms with Crippen molar-refractivity contribution in [3.63, 3.8) is 0 Å². The number of esters is 1. The van der Waals surface area contributed by atoms with Crippen molar-refractivity contribution in [3.8, 4) is 0 Å². The number of ether oxygens (including phenoxy) is 1. The molecule has 9 heteroatoms. The fourth-order valence-electron chi connectivity index (χ4n) is 1.64. The van der Waals surface area contributed by atoms with E-state index in [2.05, 4.69) is 15.5 Å². The lowest BCUT2D eigenvalue weighted by Gasteiger charge is -2.07. The minimum atomic E-state index is -0.353. The van der Waals surface area contributed by atoms with Crippen molar-refractivity contribution in [2.45, 2.75) is 36.8 Å². The molecule has 1 atom stereocenters. The zero-order valence-electron chi connectivity index (χ0n) is 13.0. The Hall–Kier alpha value is -1.87. The molecule has 0 saturated carbocycles. The normalized spacial score (nSPS) is 12.0. The van der Waals surface area contributed by atoms with Crippen molar-refractivity contribution in [3.05, 3.63) is 22.9 Å². The summed E-state index contributed by atoms with van der Waals surface area (Å²) in [6.45, 7) is 5.64. The van der Waals surface area contributed by atoms with Crippen LogP contribution in [0.2, 0.25) is 0 Å². The molecule has 0 saturated heterocycles. The Morgan fingerprint density at radius 2 is 2.30 bits per heavy atom. The predicted molar refractivity (Wildman–Crippen MR) is 87.6 cm³/mol. The van der Waals surface area contributed by atoms with Gasteiger partial charge in [-0.15, -0.1) is 11.3 Å². The molecule has 2 rings (SSSR count). The molecule has 1 N–H and O–H groups in total. The van der Waals surface area contributed by atoms with Crippen molar-refractivity contribution >= 4 is 40.8 Å². The minimum Gasteiger partial charge on any atom is -0.466 e. The Morgan fingerprint density at radius 1 is 1.52 bits per heavy atom. The number of nitrogens with zero attached hydrogens (tertiary/aromatic N) is 2. The molecule has 0 radical (unpaired) electrons. The summed E-state index contributed by atoms with van der Waals surface area (Å²) in [5, 5.41) is 7.84. The molecule has 0 aliphatic carbocycles. The van der Waals surface area contributed by atoms with E-state index in [9.17, 15) is 9.59 Å². The molecule has 0 fully saturated rings. The molecule has 2 aromatic rings. The van der Waals surface area contributed by atoms with Gasteiger partial charge in [0, 0.05) is 11.4 Å². The Balaban J connectivity index is 1.87. The summed E-state index contributed by atoms with van der Waals surface area (Å²) in [6, 6.07) is 1.65. The van der Waals surface area contributed by atoms with Crippen molar-refractivity contribution in [2.75, 3.05) is 11.9 Å². The molecule has 7 nitrogen and oxygen atoms in total. The summed E-state index contributed by atoms with van der Waals surface area (Å²) in [5.74, 6) is 0.526. The average molecular weight is 355 g/mol. The van der Waals surface area contributed by atoms with Crippen molar-refractivity contribution in [1.29, 1.82) is 0 Å². The second kappa shape index (κ2) is 8.11. The standard InChI is InChI=1S/C14H17N3O4S2/c1-4-20-12(18)6-10-7-22-14(15-10)23-9(3)13(19)16-11-5-8(2)21-17-11/h5,7,9H,4,6H2,1-3H3,(H,16,17,19)/t9-/m0/s1. The number of thioether (sulfide) groups is 1. The first-order chi connectivity index (χ1) is 11.0. The lowest BCUT2D eigenvalue weighted by molar-refractivity contribution is -0.142. The number of anilines is 1. The van der Waals surface area contributed by atoms with E-state index in [0.717, 1.165) is 4.34 Å². The largest absolute Gasteiger partial charge is 0.466 e. The SMILES string of the molecule is CCOC(=O)Cc1csc(S[C@@H](C)C(=O)Nc2cc(C)on2)n1. The number of rotatable bonds is 7. The van der Waals surface area contributed by atoms with Gasteiger partial charge in [-0.2, -0.15) is 0 Å². The van der Waals surface area contributed by atoms with Crippen molar-refractivity contribution in [2.24, 2.45) is 0 Å². The highest BCUT2D eigenvalue weighted by Gasteiger charge is 2.18. The number of amides is 1. The molecule has 23 heavy (non-hydrogen) atoms. The molecule has 2 aromatic heterocycles. The van der Waals surface area contributed by atoms with Crippen molar-refractivity contribution in [1.82, 2.24) is 10.1 Å². The van der Waals surface area contributed by atoms with E-state index in [1.165, 1.54) is 23.1 Å². The van der Waals surface area contributed by atoms with Gasteiger partial charge in [-0.1, -0.05) is 16.9 Å². The first-order valence-corrected chi connectivity index (χ1v) is 8.74. The summed E-state index contributed by atoms with van der Waals surface area (Å²) < 4.78 is 10.5. The number of carbonyl (C=O) groups excluding carboxylic acids is 2. The van der Waals surface area contributed by atoms with Gasteiger partial charge in [-0.25, -0.2) is 4.98 Å². The van der Waals surface area contributed by atoms with Crippen LogP contribution in [-0.4, -0.2) is 33.9 Å². The molecule has 0 unspecified atom stereocenters. The van der Waals surface area contributed by atoms with Gasteiger partial charge in [-0.05, 0) is 20.8 Å². The van der Waals surface area contributed by atoms with Gasteiger partial charge in [0.1, 0.15) is 5.76 Å². The van der Waals surface area contributed by atoms with Crippen LogP contribution in [0.25, 0.3) is 0 Å². The fourth-order valence-corrected chi connectivity index (χ4v) is 3.62. The summed E-state index contributed by atoms with van der Waals surface area (Å²) in [6.07, 6.45) is 0.143. The van der Waals surface area contributed by atoms with E-state index in [-0.39, 0.29) is 23.5 Å². The number of thiazole rings is 1. The topological polar surface area (TPSA) is 94.3 Å². The Labute approximate surface area is 141 Å². The summed E-state index contributed by atoms with van der Waals surface area (Å²) >= 11 is 2.72. The molecule has 0 aromatic carbocycles. The Morgan fingerprint density at radius 3 is 2.96 bits per heavy atom. The second-order valence-electron chi connectivity index (χ2n) is 4.66. The Kier molecular flexibility index (Phi) is 6.17. The van der Waals surface area contributed by atoms with Crippen LogP contribution in [0.3, 0.4) is 0 Å². The van der Waals surface area contributed by atoms with Crippen LogP contribution >= 0.6 is 23.1 Å². The van der Waals surface area contributed by atoms with Gasteiger partial charge in [0.05, 0.1) is 24.0 Å². The first kappa shape index (κ1) is 17.5. The highest BCUT2D eigenvalue weighted by Crippen LogP contribution is 2.27. The van der Waals surface area contributed by atoms with E-state index in [1.54, 1.807) is 32.2 Å². The molecular weight excluding hydrogens is 338 g/mol. The quantitative estimate of drug-likeness (QED) is 0.602. The third-order valence-electron chi connectivity index (χ3n) is 2.69. The molecule has 124 valence electrons. The van der Waals surface area contributed by atoms with Crippen LogP contribution in [0.1, 0.15) is 25.3 Å². The molecule has 2 heterocycles. The van der Waals surface area contributed by atoms with E-state index in [0.29, 0.717) is 23.9 Å². The van der Waals surface area contributed by atoms with Gasteiger partial charge < -0.3 is 14.6 Å². The minimum absolute atomic E-state index is 0.143. The number of hydrogen-bond donors (Lipinski definition) is 1. The van der Waals surface area contributed by atoms with Gasteiger partial charge in [0.25, 0.3) is 0 Å². The maximum absolute atomic E-state index is 12.1. The molecule has 0 spiro atoms. The van der Waals surface area contributed by atoms with Gasteiger partial charge in [0.2, 0.25) is 5.91 Å². The van der Waals surface area contributed by atoms with Crippen LogP contribution in [-0.2, 0) is 20.7 Å². The van der Waals surface area contributed by atoms with Crippen LogP contribution < -0.4 is 5.32 Å². The fraction of sp³-hybridized carbons (Fsp3) is 0.429. The van der Waals surface area contributed by atoms with Crippen molar-refractivity contribution < 1.29 is 18.8 Å². The summed E-state index contributed by atoms with van der Waals surface area (Å²) in [7, 11) is 0. The number of nitrogens with one attached hydrogen (secondary N) is 1. The zero-order chi connectivity index (χ0) is 16.8. The molecular formula is C14H17N3O4S2. The highest BCUT2D eigenvalue weighted by atomic mass is 32.2. The highest BCUT2D eigenvalue weighted by molar-refractivity contribution is 8.02. The first-order valence-electron chi connectivity index (χ1n) is 6.98. The third-order valence-corrected chi connectivity index (χ3v) is 4.81. The van der Waals surface area contributed by atoms with Gasteiger partial charge in [-0.3, -0.25) is 9.59 Å². The summed E-state index contributed by atoms with van der Waals surface area (Å²) in [5.41, 5.74) is 0.649. The monoisotopic (exact) mass is 355 g/mol. The van der Waals surface area contributed by atoms with Crippen LogP contribution in [0.5, 0.6) is 0 Å². The molecule has 0 aliphatic heterocycles. The maximum atomic E-state index is 12.1. The third kappa shape index (κ3) is 5.36. The average Bonchev–Trinajstić information content (AvgIpc) is 3.08. The molecule has 0 aliphatic rings. The van der Waals surface area contributed by atoms with Crippen LogP contribution in [0.15, 0.2) is 20.3 Å². The van der Waals surface area contributed by atoms with Crippen LogP contribution in [0.4, 0.5) is 5.82 Å². The Bertz CT molecular complexity index is 683. The van der Waals surface area contributed by atoms with E-state index >= 15 is 0 Å². The van der Waals surface area contributed by atoms with Gasteiger partial charge in [0.15, 0.2) is 10.2 Å². The van der Waals surface area contributed by atoms with E-state index < -0.39 is 0 Å². The van der Waals surface area contributed by atoms with E-state index in [4.69, 9.17) is 9.26 Å².